The Labute approximate surface area is 298 Å². The summed E-state index contributed by atoms with van der Waals surface area (Å²) in [6, 6.07) is 5.09. The number of phenolic OH excluding ortho intramolecular Hbond substituents is 4. The number of hydrogen-bond donors (Lipinski definition) is 12. The molecule has 4 heterocycles. The summed E-state index contributed by atoms with van der Waals surface area (Å²) in [7, 11) is 0. The molecule has 3 fully saturated rings. The number of aromatic hydroxyl groups is 4. The Morgan fingerprint density at radius 1 is 0.642 bits per heavy atom. The largest absolute Gasteiger partial charge is 0.508 e. The normalized spacial score (nSPS) is 37.8. The Morgan fingerprint density at radius 3 is 1.91 bits per heavy atom. The third kappa shape index (κ3) is 7.34. The van der Waals surface area contributed by atoms with E-state index in [1.165, 1.54) is 19.9 Å². The first-order chi connectivity index (χ1) is 25.0. The maximum Gasteiger partial charge on any atom is 0.239 e. The average molecular weight is 757 g/mol. The molecular formula is C33H40O20. The van der Waals surface area contributed by atoms with Crippen molar-refractivity contribution < 1.29 is 94.1 Å². The summed E-state index contributed by atoms with van der Waals surface area (Å²) in [5.41, 5.74) is -1.54. The molecule has 6 rings (SSSR count). The number of aliphatic hydroxyl groups excluding tert-OH is 8. The van der Waals surface area contributed by atoms with Crippen LogP contribution in [0.25, 0.3) is 22.3 Å². The molecule has 3 aliphatic heterocycles. The third-order valence-electron chi connectivity index (χ3n) is 9.37. The van der Waals surface area contributed by atoms with Crippen molar-refractivity contribution in [3.63, 3.8) is 0 Å². The second-order valence-corrected chi connectivity index (χ2v) is 13.1. The molecule has 0 unspecified atom stereocenters. The first kappa shape index (κ1) is 38.8. The van der Waals surface area contributed by atoms with E-state index in [0.717, 1.165) is 24.3 Å². The van der Waals surface area contributed by atoms with Crippen LogP contribution in [0.1, 0.15) is 13.8 Å². The molecule has 53 heavy (non-hydrogen) atoms. The highest BCUT2D eigenvalue weighted by Crippen LogP contribution is 2.40. The number of hydrogen-bond acceptors (Lipinski definition) is 20. The second-order valence-electron chi connectivity index (χ2n) is 13.1. The van der Waals surface area contributed by atoms with Crippen molar-refractivity contribution in [3.05, 3.63) is 40.6 Å². The van der Waals surface area contributed by atoms with Crippen LogP contribution in [0, 0.1) is 0 Å². The van der Waals surface area contributed by atoms with Gasteiger partial charge in [0.05, 0.1) is 18.8 Å². The topological polar surface area (TPSA) is 328 Å². The maximum absolute atomic E-state index is 14.0. The molecule has 3 aliphatic rings. The van der Waals surface area contributed by atoms with E-state index in [-0.39, 0.29) is 11.1 Å². The van der Waals surface area contributed by atoms with Gasteiger partial charge in [-0.2, -0.15) is 0 Å². The quantitative estimate of drug-likeness (QED) is 0.103. The Balaban J connectivity index is 1.40. The number of ether oxygens (including phenoxy) is 6. The number of phenols is 4. The number of aliphatic hydroxyl groups is 8. The summed E-state index contributed by atoms with van der Waals surface area (Å²) in [6.45, 7) is 2.05. The Morgan fingerprint density at radius 2 is 1.26 bits per heavy atom. The molecule has 3 aromatic rings. The van der Waals surface area contributed by atoms with E-state index in [2.05, 4.69) is 0 Å². The Kier molecular flexibility index (Phi) is 11.1. The molecule has 0 radical (unpaired) electrons. The van der Waals surface area contributed by atoms with Gasteiger partial charge < -0.3 is 94.1 Å². The van der Waals surface area contributed by atoms with E-state index < -0.39 is 144 Å². The van der Waals surface area contributed by atoms with E-state index in [0.29, 0.717) is 0 Å². The molecular weight excluding hydrogens is 716 g/mol. The summed E-state index contributed by atoms with van der Waals surface area (Å²) >= 11 is 0. The number of rotatable bonds is 8. The minimum absolute atomic E-state index is 0.0962. The highest BCUT2D eigenvalue weighted by atomic mass is 16.8. The summed E-state index contributed by atoms with van der Waals surface area (Å²) < 4.78 is 40.1. The lowest BCUT2D eigenvalue weighted by Crippen LogP contribution is -2.65. The van der Waals surface area contributed by atoms with Gasteiger partial charge in [-0.25, -0.2) is 0 Å². The van der Waals surface area contributed by atoms with Gasteiger partial charge in [0, 0.05) is 17.7 Å². The first-order valence-corrected chi connectivity index (χ1v) is 16.4. The zero-order chi connectivity index (χ0) is 38.6. The Bertz CT molecular complexity index is 1830. The molecule has 20 heteroatoms. The predicted molar refractivity (Wildman–Crippen MR) is 171 cm³/mol. The highest BCUT2D eigenvalue weighted by molar-refractivity contribution is 5.88. The fraction of sp³-hybridized carbons (Fsp3) is 0.545. The van der Waals surface area contributed by atoms with Gasteiger partial charge in [0.2, 0.25) is 17.5 Å². The van der Waals surface area contributed by atoms with Crippen molar-refractivity contribution in [1.29, 1.82) is 0 Å². The minimum atomic E-state index is -2.04. The second kappa shape index (κ2) is 15.1. The van der Waals surface area contributed by atoms with E-state index in [4.69, 9.17) is 32.8 Å². The van der Waals surface area contributed by atoms with E-state index in [1.807, 2.05) is 0 Å². The van der Waals surface area contributed by atoms with Gasteiger partial charge in [0.25, 0.3) is 0 Å². The van der Waals surface area contributed by atoms with Gasteiger partial charge in [-0.05, 0) is 32.0 Å². The summed E-state index contributed by atoms with van der Waals surface area (Å²) in [5.74, 6) is -3.68. The molecule has 0 bridgehead atoms. The lowest BCUT2D eigenvalue weighted by Gasteiger charge is -2.46. The molecule has 3 saturated heterocycles. The predicted octanol–water partition coefficient (Wildman–Crippen LogP) is -2.84. The van der Waals surface area contributed by atoms with Crippen molar-refractivity contribution >= 4 is 11.0 Å². The molecule has 1 aromatic heterocycles. The van der Waals surface area contributed by atoms with Gasteiger partial charge in [0.1, 0.15) is 77.4 Å². The van der Waals surface area contributed by atoms with E-state index in [1.54, 1.807) is 0 Å². The van der Waals surface area contributed by atoms with Crippen molar-refractivity contribution in [1.82, 2.24) is 0 Å². The monoisotopic (exact) mass is 756 g/mol. The van der Waals surface area contributed by atoms with Crippen LogP contribution in [0.3, 0.4) is 0 Å². The van der Waals surface area contributed by atoms with Gasteiger partial charge in [-0.3, -0.25) is 4.79 Å². The molecule has 0 saturated carbocycles. The lowest BCUT2D eigenvalue weighted by molar-refractivity contribution is -0.360. The zero-order valence-electron chi connectivity index (χ0n) is 27.9. The standard InChI is InChI=1S/C33H40O20/c1-9-19(38)23(42)26(45)31(48-9)47-8-17-21(40)25(44)30(53-32-27(46)24(43)20(39)10(2)49-32)33(51-17)52-29-22(41)18-15(37)6-12(34)7-16(18)50-28(29)11-3-4-13(35)14(36)5-11/h3-7,9-10,17,19-21,23-27,30-40,42-46H,8H2,1-2H3/t9-,10-,17-,19-,20-,21+,23+,24+,25+,26+,27+,30-,31+,32+,33+/m0/s1. The van der Waals surface area contributed by atoms with Crippen LogP contribution in [0.2, 0.25) is 0 Å². The van der Waals surface area contributed by atoms with Crippen molar-refractivity contribution in [2.75, 3.05) is 6.61 Å². The van der Waals surface area contributed by atoms with Crippen LogP contribution in [-0.2, 0) is 23.7 Å². The van der Waals surface area contributed by atoms with Crippen LogP contribution < -0.4 is 10.2 Å². The lowest BCUT2D eigenvalue weighted by atomic mass is 9.97. The van der Waals surface area contributed by atoms with Crippen molar-refractivity contribution in [2.45, 2.75) is 106 Å². The molecule has 2 aromatic carbocycles. The van der Waals surface area contributed by atoms with E-state index >= 15 is 0 Å². The fourth-order valence-electron chi connectivity index (χ4n) is 6.25. The highest BCUT2D eigenvalue weighted by Gasteiger charge is 2.52. The average Bonchev–Trinajstić information content (AvgIpc) is 3.11. The third-order valence-corrected chi connectivity index (χ3v) is 9.37. The molecule has 12 N–H and O–H groups in total. The molecule has 292 valence electrons. The smallest absolute Gasteiger partial charge is 0.239 e. The molecule has 0 aliphatic carbocycles. The summed E-state index contributed by atoms with van der Waals surface area (Å²) in [6.07, 6.45) is -25.1. The zero-order valence-corrected chi connectivity index (χ0v) is 27.9. The fourth-order valence-corrected chi connectivity index (χ4v) is 6.25. The van der Waals surface area contributed by atoms with Crippen molar-refractivity contribution in [2.24, 2.45) is 0 Å². The van der Waals surface area contributed by atoms with Crippen LogP contribution in [0.15, 0.2) is 39.5 Å². The molecule has 15 atom stereocenters. The van der Waals surface area contributed by atoms with Crippen LogP contribution >= 0.6 is 0 Å². The van der Waals surface area contributed by atoms with Crippen LogP contribution in [0.4, 0.5) is 0 Å². The first-order valence-electron chi connectivity index (χ1n) is 16.4. The van der Waals surface area contributed by atoms with E-state index in [9.17, 15) is 66.1 Å². The summed E-state index contributed by atoms with van der Waals surface area (Å²) in [4.78, 5) is 14.0. The number of fused-ring (bicyclic) bond motifs is 1. The molecule has 0 amide bonds. The maximum atomic E-state index is 14.0. The van der Waals surface area contributed by atoms with Crippen molar-refractivity contribution in [3.8, 4) is 40.1 Å². The molecule has 0 spiro atoms. The SMILES string of the molecule is C[C@@H]1O[C@@H](OC[C@@H]2O[C@H](Oc3c(-c4ccc(O)c(O)c4)oc4cc(O)cc(O)c4c3=O)[C@@H](O[C@H]3O[C@@H](C)[C@H](O)[C@@H](O)[C@H]3O)[C@H](O)[C@@H]2O)[C@H](O)[C@H](O)[C@H]1O. The Hall–Kier alpha value is -3.87. The van der Waals surface area contributed by atoms with Gasteiger partial charge in [-0.15, -0.1) is 0 Å². The van der Waals surface area contributed by atoms with Gasteiger partial charge in [-0.1, -0.05) is 0 Å². The van der Waals surface area contributed by atoms with Gasteiger partial charge in [0.15, 0.2) is 35.9 Å². The molecule has 20 nitrogen and oxygen atoms in total. The van der Waals surface area contributed by atoms with Gasteiger partial charge >= 0.3 is 0 Å². The minimum Gasteiger partial charge on any atom is -0.508 e. The van der Waals surface area contributed by atoms with Crippen LogP contribution in [-0.4, -0.2) is 160 Å². The number of benzene rings is 2. The van der Waals surface area contributed by atoms with Crippen LogP contribution in [0.5, 0.6) is 28.7 Å². The summed E-state index contributed by atoms with van der Waals surface area (Å²) in [5, 5.41) is 125.